The Bertz CT molecular complexity index is 804. The van der Waals surface area contributed by atoms with Gasteiger partial charge in [0, 0.05) is 12.2 Å². The summed E-state index contributed by atoms with van der Waals surface area (Å²) in [7, 11) is 0. The van der Waals surface area contributed by atoms with Gasteiger partial charge in [0.05, 0.1) is 0 Å². The van der Waals surface area contributed by atoms with Crippen molar-refractivity contribution in [3.05, 3.63) is 90.0 Å². The molecule has 3 rings (SSSR count). The lowest BCUT2D eigenvalue weighted by Gasteiger charge is -2.19. The molecule has 0 heterocycles. The highest BCUT2D eigenvalue weighted by atomic mass is 16.5. The zero-order chi connectivity index (χ0) is 18.4. The quantitative estimate of drug-likeness (QED) is 0.546. The Hall–Kier alpha value is -2.78. The van der Waals surface area contributed by atoms with Crippen LogP contribution in [0.5, 0.6) is 11.5 Å². The van der Waals surface area contributed by atoms with Crippen molar-refractivity contribution in [3.63, 3.8) is 0 Å². The molecule has 0 bridgehead atoms. The van der Waals surface area contributed by atoms with E-state index in [2.05, 4.69) is 55.9 Å². The van der Waals surface area contributed by atoms with Gasteiger partial charge in [-0.3, -0.25) is 0 Å². The number of hydrogen-bond donors (Lipinski definition) is 2. The van der Waals surface area contributed by atoms with Crippen LogP contribution in [0.4, 0.5) is 5.69 Å². The molecule has 0 aromatic heterocycles. The summed E-state index contributed by atoms with van der Waals surface area (Å²) in [5, 5.41) is 0. The SMILES string of the molecule is CC(C)(C)c1ccc(Oc2ccc(CNNc3ccccc3)cc2)cc1. The third-order valence-electron chi connectivity index (χ3n) is 4.18. The van der Waals surface area contributed by atoms with Crippen molar-refractivity contribution in [3.8, 4) is 11.5 Å². The van der Waals surface area contributed by atoms with E-state index in [1.54, 1.807) is 0 Å². The van der Waals surface area contributed by atoms with Crippen LogP contribution in [-0.4, -0.2) is 0 Å². The molecule has 3 aromatic carbocycles. The van der Waals surface area contributed by atoms with Gasteiger partial charge in [-0.1, -0.05) is 63.2 Å². The van der Waals surface area contributed by atoms with E-state index in [0.717, 1.165) is 23.7 Å². The molecule has 0 aliphatic rings. The van der Waals surface area contributed by atoms with Gasteiger partial charge in [-0.15, -0.1) is 0 Å². The predicted octanol–water partition coefficient (Wildman–Crippen LogP) is 5.89. The van der Waals surface area contributed by atoms with E-state index < -0.39 is 0 Å². The first kappa shape index (κ1) is 18.0. The van der Waals surface area contributed by atoms with Crippen molar-refractivity contribution in [2.45, 2.75) is 32.7 Å². The first-order chi connectivity index (χ1) is 12.5. The lowest BCUT2D eigenvalue weighted by molar-refractivity contribution is 0.481. The van der Waals surface area contributed by atoms with Crippen molar-refractivity contribution < 1.29 is 4.74 Å². The summed E-state index contributed by atoms with van der Waals surface area (Å²) >= 11 is 0. The number of para-hydroxylation sites is 1. The Morgan fingerprint density at radius 2 is 1.31 bits per heavy atom. The molecule has 0 spiro atoms. The highest BCUT2D eigenvalue weighted by Gasteiger charge is 2.13. The van der Waals surface area contributed by atoms with Crippen LogP contribution in [0.3, 0.4) is 0 Å². The summed E-state index contributed by atoms with van der Waals surface area (Å²) in [5.74, 6) is 1.70. The summed E-state index contributed by atoms with van der Waals surface area (Å²) in [5.41, 5.74) is 10.1. The van der Waals surface area contributed by atoms with E-state index in [1.165, 1.54) is 11.1 Å². The van der Waals surface area contributed by atoms with E-state index in [1.807, 2.05) is 54.6 Å². The molecule has 0 fully saturated rings. The first-order valence-electron chi connectivity index (χ1n) is 8.92. The van der Waals surface area contributed by atoms with Crippen molar-refractivity contribution in [2.75, 3.05) is 5.43 Å². The molecule has 0 aliphatic carbocycles. The van der Waals surface area contributed by atoms with E-state index in [0.29, 0.717) is 0 Å². The fraction of sp³-hybridized carbons (Fsp3) is 0.217. The van der Waals surface area contributed by atoms with Crippen LogP contribution in [0.2, 0.25) is 0 Å². The lowest BCUT2D eigenvalue weighted by Crippen LogP contribution is -2.20. The minimum absolute atomic E-state index is 0.154. The predicted molar refractivity (Wildman–Crippen MR) is 109 cm³/mol. The topological polar surface area (TPSA) is 33.3 Å². The number of rotatable bonds is 6. The Kier molecular flexibility index (Phi) is 5.59. The molecule has 0 atom stereocenters. The van der Waals surface area contributed by atoms with Crippen molar-refractivity contribution in [2.24, 2.45) is 0 Å². The number of benzene rings is 3. The maximum absolute atomic E-state index is 5.94. The van der Waals surface area contributed by atoms with Crippen molar-refractivity contribution in [1.82, 2.24) is 5.43 Å². The Balaban J connectivity index is 1.52. The lowest BCUT2D eigenvalue weighted by atomic mass is 9.87. The third-order valence-corrected chi connectivity index (χ3v) is 4.18. The molecule has 3 nitrogen and oxygen atoms in total. The maximum Gasteiger partial charge on any atom is 0.127 e. The van der Waals surface area contributed by atoms with Gasteiger partial charge >= 0.3 is 0 Å². The fourth-order valence-corrected chi connectivity index (χ4v) is 2.60. The molecule has 0 saturated carbocycles. The highest BCUT2D eigenvalue weighted by Crippen LogP contribution is 2.27. The molecule has 3 aromatic rings. The van der Waals surface area contributed by atoms with E-state index in [9.17, 15) is 0 Å². The van der Waals surface area contributed by atoms with Gasteiger partial charge in [-0.05, 0) is 52.9 Å². The molecule has 26 heavy (non-hydrogen) atoms. The average Bonchev–Trinajstić information content (AvgIpc) is 2.64. The van der Waals surface area contributed by atoms with E-state index in [-0.39, 0.29) is 5.41 Å². The number of hydrazine groups is 1. The van der Waals surface area contributed by atoms with Crippen LogP contribution >= 0.6 is 0 Å². The zero-order valence-corrected chi connectivity index (χ0v) is 15.6. The highest BCUT2D eigenvalue weighted by molar-refractivity contribution is 5.41. The van der Waals surface area contributed by atoms with Gasteiger partial charge in [0.1, 0.15) is 11.5 Å². The average molecular weight is 346 g/mol. The van der Waals surface area contributed by atoms with Crippen molar-refractivity contribution >= 4 is 5.69 Å². The van der Waals surface area contributed by atoms with E-state index >= 15 is 0 Å². The van der Waals surface area contributed by atoms with Gasteiger partial charge in [0.25, 0.3) is 0 Å². The molecule has 2 N–H and O–H groups in total. The Morgan fingerprint density at radius 1 is 0.731 bits per heavy atom. The molecule has 0 aliphatic heterocycles. The maximum atomic E-state index is 5.94. The zero-order valence-electron chi connectivity index (χ0n) is 15.6. The molecular weight excluding hydrogens is 320 g/mol. The number of ether oxygens (including phenoxy) is 1. The van der Waals surface area contributed by atoms with Gasteiger partial charge in [0.15, 0.2) is 0 Å². The molecule has 0 amide bonds. The van der Waals surface area contributed by atoms with Crippen molar-refractivity contribution in [1.29, 1.82) is 0 Å². The largest absolute Gasteiger partial charge is 0.457 e. The van der Waals surface area contributed by atoms with Gasteiger partial charge in [-0.2, -0.15) is 0 Å². The summed E-state index contributed by atoms with van der Waals surface area (Å²) < 4.78 is 5.94. The van der Waals surface area contributed by atoms with Crippen LogP contribution in [0.15, 0.2) is 78.9 Å². The summed E-state index contributed by atoms with van der Waals surface area (Å²) in [6.07, 6.45) is 0. The normalized spacial score (nSPS) is 11.2. The Labute approximate surface area is 156 Å². The van der Waals surface area contributed by atoms with Crippen LogP contribution in [0.25, 0.3) is 0 Å². The third kappa shape index (κ3) is 5.11. The molecule has 0 saturated heterocycles. The van der Waals surface area contributed by atoms with Gasteiger partial charge in [0.2, 0.25) is 0 Å². The second-order valence-electron chi connectivity index (χ2n) is 7.36. The van der Waals surface area contributed by atoms with Crippen LogP contribution < -0.4 is 15.6 Å². The van der Waals surface area contributed by atoms with Gasteiger partial charge in [-0.25, -0.2) is 5.43 Å². The van der Waals surface area contributed by atoms with Crippen LogP contribution in [0.1, 0.15) is 31.9 Å². The minimum atomic E-state index is 0.154. The standard InChI is InChI=1S/C23H26N2O/c1-23(2,3)19-11-15-22(16-12-19)26-21-13-9-18(10-14-21)17-24-25-20-7-5-4-6-8-20/h4-16,24-25H,17H2,1-3H3. The smallest absolute Gasteiger partial charge is 0.127 e. The van der Waals surface area contributed by atoms with Crippen LogP contribution in [0, 0.1) is 0 Å². The summed E-state index contributed by atoms with van der Waals surface area (Å²) in [6.45, 7) is 7.36. The fourth-order valence-electron chi connectivity index (χ4n) is 2.60. The molecule has 0 unspecified atom stereocenters. The van der Waals surface area contributed by atoms with Gasteiger partial charge < -0.3 is 10.2 Å². The first-order valence-corrected chi connectivity index (χ1v) is 8.92. The molecule has 0 radical (unpaired) electrons. The number of hydrogen-bond acceptors (Lipinski definition) is 3. The minimum Gasteiger partial charge on any atom is -0.457 e. The van der Waals surface area contributed by atoms with Crippen LogP contribution in [-0.2, 0) is 12.0 Å². The number of anilines is 1. The second kappa shape index (κ2) is 8.07. The summed E-state index contributed by atoms with van der Waals surface area (Å²) in [6, 6.07) is 26.5. The van der Waals surface area contributed by atoms with E-state index in [4.69, 9.17) is 4.74 Å². The molecule has 3 heteroatoms. The Morgan fingerprint density at radius 3 is 1.88 bits per heavy atom. The molecule has 134 valence electrons. The second-order valence-corrected chi connectivity index (χ2v) is 7.36. The molecular formula is C23H26N2O. The summed E-state index contributed by atoms with van der Waals surface area (Å²) in [4.78, 5) is 0. The monoisotopic (exact) mass is 346 g/mol. The number of nitrogens with one attached hydrogen (secondary N) is 2.